The summed E-state index contributed by atoms with van der Waals surface area (Å²) in [7, 11) is 0. The van der Waals surface area contributed by atoms with Crippen LogP contribution >= 0.6 is 11.6 Å². The lowest BCUT2D eigenvalue weighted by molar-refractivity contribution is -0.132. The average molecular weight is 444 g/mol. The molecule has 2 heterocycles. The molecular formula is C23H23ClFN3O3. The van der Waals surface area contributed by atoms with Crippen LogP contribution < -0.4 is 4.90 Å². The highest BCUT2D eigenvalue weighted by atomic mass is 35.5. The van der Waals surface area contributed by atoms with Crippen LogP contribution in [0.4, 0.5) is 10.1 Å². The quantitative estimate of drug-likeness (QED) is 0.729. The van der Waals surface area contributed by atoms with Crippen molar-refractivity contribution in [1.82, 2.24) is 9.80 Å². The molecule has 0 aromatic heterocycles. The van der Waals surface area contributed by atoms with E-state index in [-0.39, 0.29) is 23.8 Å². The lowest BCUT2D eigenvalue weighted by atomic mass is 10.1. The molecule has 2 aliphatic heterocycles. The molecule has 2 aromatic carbocycles. The molecule has 2 fully saturated rings. The van der Waals surface area contributed by atoms with Crippen LogP contribution in [-0.2, 0) is 16.0 Å². The number of benzene rings is 2. The van der Waals surface area contributed by atoms with E-state index in [0.717, 1.165) is 24.2 Å². The van der Waals surface area contributed by atoms with Gasteiger partial charge in [0.2, 0.25) is 11.8 Å². The lowest BCUT2D eigenvalue weighted by Gasteiger charge is -2.35. The number of carbonyl (C=O) groups is 3. The van der Waals surface area contributed by atoms with Gasteiger partial charge in [-0.2, -0.15) is 0 Å². The zero-order chi connectivity index (χ0) is 22.0. The Kier molecular flexibility index (Phi) is 6.23. The molecule has 2 aliphatic rings. The predicted molar refractivity (Wildman–Crippen MR) is 116 cm³/mol. The Balaban J connectivity index is 1.31. The smallest absolute Gasteiger partial charge is 0.257 e. The third-order valence-electron chi connectivity index (χ3n) is 5.76. The van der Waals surface area contributed by atoms with Crippen LogP contribution in [0.3, 0.4) is 0 Å². The lowest BCUT2D eigenvalue weighted by Crippen LogP contribution is -2.51. The number of anilines is 1. The number of hydrogen-bond acceptors (Lipinski definition) is 3. The van der Waals surface area contributed by atoms with Gasteiger partial charge in [0, 0.05) is 49.9 Å². The molecule has 2 aromatic rings. The van der Waals surface area contributed by atoms with E-state index in [4.69, 9.17) is 11.6 Å². The normalized spacial score (nSPS) is 16.7. The molecule has 0 saturated carbocycles. The molecular weight excluding hydrogens is 421 g/mol. The van der Waals surface area contributed by atoms with E-state index in [1.165, 1.54) is 18.2 Å². The van der Waals surface area contributed by atoms with Gasteiger partial charge in [-0.15, -0.1) is 0 Å². The highest BCUT2D eigenvalue weighted by Crippen LogP contribution is 2.22. The minimum atomic E-state index is -0.605. The van der Waals surface area contributed by atoms with Crippen LogP contribution in [0.5, 0.6) is 0 Å². The Hall–Kier alpha value is -2.93. The van der Waals surface area contributed by atoms with Crippen LogP contribution in [0.25, 0.3) is 0 Å². The van der Waals surface area contributed by atoms with E-state index in [9.17, 15) is 18.8 Å². The van der Waals surface area contributed by atoms with E-state index >= 15 is 0 Å². The molecule has 3 amide bonds. The molecule has 0 bridgehead atoms. The zero-order valence-electron chi connectivity index (χ0n) is 17.0. The monoisotopic (exact) mass is 443 g/mol. The fourth-order valence-corrected chi connectivity index (χ4v) is 4.16. The van der Waals surface area contributed by atoms with Crippen molar-refractivity contribution < 1.29 is 18.8 Å². The van der Waals surface area contributed by atoms with Crippen molar-refractivity contribution in [2.45, 2.75) is 19.3 Å². The van der Waals surface area contributed by atoms with Gasteiger partial charge in [0.15, 0.2) is 0 Å². The van der Waals surface area contributed by atoms with Crippen molar-refractivity contribution >= 4 is 35.0 Å². The number of halogens is 2. The van der Waals surface area contributed by atoms with Crippen molar-refractivity contribution in [2.24, 2.45) is 0 Å². The first-order valence-corrected chi connectivity index (χ1v) is 10.7. The Morgan fingerprint density at radius 3 is 2.26 bits per heavy atom. The van der Waals surface area contributed by atoms with Crippen molar-refractivity contribution in [3.05, 3.63) is 64.4 Å². The summed E-state index contributed by atoms with van der Waals surface area (Å²) in [5.74, 6) is -0.911. The molecule has 162 valence electrons. The summed E-state index contributed by atoms with van der Waals surface area (Å²) in [4.78, 5) is 42.2. The fraction of sp³-hybridized carbons (Fsp3) is 0.348. The Morgan fingerprint density at radius 1 is 0.935 bits per heavy atom. The van der Waals surface area contributed by atoms with Crippen molar-refractivity contribution in [1.29, 1.82) is 0 Å². The van der Waals surface area contributed by atoms with Crippen molar-refractivity contribution in [2.75, 3.05) is 37.6 Å². The summed E-state index contributed by atoms with van der Waals surface area (Å²) in [5, 5.41) is 0.304. The maximum absolute atomic E-state index is 14.0. The van der Waals surface area contributed by atoms with Gasteiger partial charge in [-0.25, -0.2) is 4.39 Å². The fourth-order valence-electron chi connectivity index (χ4n) is 3.99. The summed E-state index contributed by atoms with van der Waals surface area (Å²) in [5.41, 5.74) is 1.68. The Morgan fingerprint density at radius 2 is 1.61 bits per heavy atom. The van der Waals surface area contributed by atoms with Gasteiger partial charge >= 0.3 is 0 Å². The third-order valence-corrected chi connectivity index (χ3v) is 5.99. The molecule has 6 nitrogen and oxygen atoms in total. The van der Waals surface area contributed by atoms with Gasteiger partial charge in [-0.1, -0.05) is 23.7 Å². The van der Waals surface area contributed by atoms with Gasteiger partial charge < -0.3 is 14.7 Å². The van der Waals surface area contributed by atoms with Gasteiger partial charge in [0.25, 0.3) is 5.91 Å². The number of carbonyl (C=O) groups excluding carboxylic acids is 3. The van der Waals surface area contributed by atoms with Crippen LogP contribution in [-0.4, -0.2) is 60.2 Å². The average Bonchev–Trinajstić information content (AvgIpc) is 3.21. The number of amides is 3. The van der Waals surface area contributed by atoms with Crippen LogP contribution in [0.2, 0.25) is 5.02 Å². The first-order valence-electron chi connectivity index (χ1n) is 10.3. The second kappa shape index (κ2) is 9.06. The summed E-state index contributed by atoms with van der Waals surface area (Å²) in [6.45, 7) is 2.21. The van der Waals surface area contributed by atoms with Gasteiger partial charge in [0.1, 0.15) is 5.82 Å². The molecule has 0 N–H and O–H groups in total. The van der Waals surface area contributed by atoms with Crippen LogP contribution in [0.1, 0.15) is 28.8 Å². The zero-order valence-corrected chi connectivity index (χ0v) is 17.8. The molecule has 0 aliphatic carbocycles. The molecule has 2 saturated heterocycles. The molecule has 31 heavy (non-hydrogen) atoms. The summed E-state index contributed by atoms with van der Waals surface area (Å²) in [6, 6.07) is 11.4. The first-order chi connectivity index (χ1) is 14.9. The summed E-state index contributed by atoms with van der Waals surface area (Å²) >= 11 is 5.89. The van der Waals surface area contributed by atoms with E-state index in [2.05, 4.69) is 0 Å². The molecule has 4 rings (SSSR count). The highest BCUT2D eigenvalue weighted by molar-refractivity contribution is 6.31. The number of nitrogens with zero attached hydrogens (tertiary/aromatic N) is 3. The van der Waals surface area contributed by atoms with E-state index in [0.29, 0.717) is 37.6 Å². The number of hydrogen-bond donors (Lipinski definition) is 0. The van der Waals surface area contributed by atoms with E-state index in [1.807, 2.05) is 24.3 Å². The minimum absolute atomic E-state index is 0.0222. The summed E-state index contributed by atoms with van der Waals surface area (Å²) < 4.78 is 14.0. The molecule has 0 atom stereocenters. The van der Waals surface area contributed by atoms with Crippen molar-refractivity contribution in [3.8, 4) is 0 Å². The SMILES string of the molecule is O=C(Cc1ccc(N2CCCC2=O)cc1)N1CCN(C(=O)c2cc(Cl)ccc2F)CC1. The second-order valence-electron chi connectivity index (χ2n) is 7.79. The molecule has 0 spiro atoms. The molecule has 8 heteroatoms. The highest BCUT2D eigenvalue weighted by Gasteiger charge is 2.27. The third kappa shape index (κ3) is 4.71. The van der Waals surface area contributed by atoms with Crippen LogP contribution in [0, 0.1) is 5.82 Å². The van der Waals surface area contributed by atoms with E-state index in [1.54, 1.807) is 14.7 Å². The van der Waals surface area contributed by atoms with Gasteiger partial charge in [0.05, 0.1) is 12.0 Å². The summed E-state index contributed by atoms with van der Waals surface area (Å²) in [6.07, 6.45) is 1.71. The largest absolute Gasteiger partial charge is 0.339 e. The second-order valence-corrected chi connectivity index (χ2v) is 8.23. The number of piperazine rings is 1. The predicted octanol–water partition coefficient (Wildman–Crippen LogP) is 3.13. The maximum Gasteiger partial charge on any atom is 0.257 e. The van der Waals surface area contributed by atoms with Crippen molar-refractivity contribution in [3.63, 3.8) is 0 Å². The minimum Gasteiger partial charge on any atom is -0.339 e. The topological polar surface area (TPSA) is 60.9 Å². The molecule has 0 radical (unpaired) electrons. The number of rotatable bonds is 4. The molecule has 0 unspecified atom stereocenters. The van der Waals surface area contributed by atoms with Crippen LogP contribution in [0.15, 0.2) is 42.5 Å². The Labute approximate surface area is 185 Å². The van der Waals surface area contributed by atoms with E-state index < -0.39 is 11.7 Å². The standard InChI is InChI=1S/C23H23ClFN3O3/c24-17-5-8-20(25)19(15-17)23(31)27-12-10-26(11-13-27)22(30)14-16-3-6-18(7-4-16)28-9-1-2-21(28)29/h3-8,15H,1-2,9-14H2. The first kappa shape index (κ1) is 21.3. The van der Waals surface area contributed by atoms with Gasteiger partial charge in [-0.3, -0.25) is 14.4 Å². The maximum atomic E-state index is 14.0. The van der Waals surface area contributed by atoms with Gasteiger partial charge in [-0.05, 0) is 42.3 Å². The Bertz CT molecular complexity index is 1000.